The fraction of sp³-hybridized carbons (Fsp3) is 0.263. The minimum Gasteiger partial charge on any atom is -0.465 e. The van der Waals surface area contributed by atoms with Crippen molar-refractivity contribution >= 4 is 39.4 Å². The molecule has 0 unspecified atom stereocenters. The van der Waals surface area contributed by atoms with Gasteiger partial charge in [-0.2, -0.15) is 0 Å². The number of ether oxygens (including phenoxy) is 1. The van der Waals surface area contributed by atoms with Gasteiger partial charge in [0.1, 0.15) is 17.1 Å². The van der Waals surface area contributed by atoms with Gasteiger partial charge >= 0.3 is 5.97 Å². The Hall–Kier alpha value is -2.74. The highest BCUT2D eigenvalue weighted by Gasteiger charge is 2.30. The summed E-state index contributed by atoms with van der Waals surface area (Å²) >= 11 is 3.29. The van der Waals surface area contributed by atoms with Crippen LogP contribution in [-0.4, -0.2) is 23.8 Å². The lowest BCUT2D eigenvalue weighted by Crippen LogP contribution is -2.26. The van der Waals surface area contributed by atoms with Crippen LogP contribution in [0.5, 0.6) is 0 Å². The molecule has 0 saturated carbocycles. The molecule has 0 atom stereocenters. The largest absolute Gasteiger partial charge is 0.465 e. The molecule has 2 rings (SSSR count). The van der Waals surface area contributed by atoms with E-state index in [1.165, 1.54) is 25.3 Å². The van der Waals surface area contributed by atoms with Gasteiger partial charge in [-0.25, -0.2) is 4.79 Å². The SMILES string of the molecule is COC(=O)C(=Cc1ccc(-c2ccc([N+](=O)[O-])cc2Br)o1)C(=O)C(C)(C)C. The molecule has 142 valence electrons. The van der Waals surface area contributed by atoms with E-state index < -0.39 is 16.3 Å². The number of hydrogen-bond donors (Lipinski definition) is 0. The molecule has 27 heavy (non-hydrogen) atoms. The molecule has 0 aliphatic carbocycles. The molecular weight excluding hydrogens is 418 g/mol. The molecule has 8 heteroatoms. The fourth-order valence-electron chi connectivity index (χ4n) is 2.27. The van der Waals surface area contributed by atoms with Gasteiger partial charge in [0.25, 0.3) is 5.69 Å². The summed E-state index contributed by atoms with van der Waals surface area (Å²) in [6, 6.07) is 7.53. The number of Topliss-reactive ketones (excluding diaryl/α,β-unsaturated/α-hetero) is 1. The van der Waals surface area contributed by atoms with Gasteiger partial charge in [0.2, 0.25) is 0 Å². The number of benzene rings is 1. The fourth-order valence-corrected chi connectivity index (χ4v) is 2.83. The van der Waals surface area contributed by atoms with Crippen molar-refractivity contribution < 1.29 is 23.7 Å². The number of furan rings is 1. The third-order valence-electron chi connectivity index (χ3n) is 3.67. The third-order valence-corrected chi connectivity index (χ3v) is 4.33. The monoisotopic (exact) mass is 435 g/mol. The number of halogens is 1. The molecule has 0 aliphatic heterocycles. The molecule has 0 spiro atoms. The summed E-state index contributed by atoms with van der Waals surface area (Å²) in [7, 11) is 1.20. The minimum atomic E-state index is -0.767. The second kappa shape index (κ2) is 7.87. The lowest BCUT2D eigenvalue weighted by molar-refractivity contribution is -0.384. The normalized spacial score (nSPS) is 12.0. The highest BCUT2D eigenvalue weighted by atomic mass is 79.9. The van der Waals surface area contributed by atoms with E-state index in [2.05, 4.69) is 15.9 Å². The number of nitrogens with zero attached hydrogens (tertiary/aromatic N) is 1. The average molecular weight is 436 g/mol. The first-order valence-corrected chi connectivity index (χ1v) is 8.73. The van der Waals surface area contributed by atoms with E-state index in [0.717, 1.165) is 0 Å². The van der Waals surface area contributed by atoms with E-state index in [-0.39, 0.29) is 22.8 Å². The number of nitro groups is 1. The van der Waals surface area contributed by atoms with Crippen molar-refractivity contribution in [3.05, 3.63) is 56.3 Å². The predicted molar refractivity (Wildman–Crippen MR) is 103 cm³/mol. The maximum absolute atomic E-state index is 12.5. The quantitative estimate of drug-likeness (QED) is 0.167. The Kier molecular flexibility index (Phi) is 6.00. The topological polar surface area (TPSA) is 99.7 Å². The first kappa shape index (κ1) is 20.6. The van der Waals surface area contributed by atoms with Crippen LogP contribution in [0.4, 0.5) is 5.69 Å². The van der Waals surface area contributed by atoms with Gasteiger partial charge < -0.3 is 9.15 Å². The molecule has 0 bridgehead atoms. The molecule has 7 nitrogen and oxygen atoms in total. The molecule has 0 fully saturated rings. The second-order valence-corrected chi connectivity index (χ2v) is 7.61. The van der Waals surface area contributed by atoms with Crippen LogP contribution >= 0.6 is 15.9 Å². The van der Waals surface area contributed by atoms with Crippen LogP contribution in [0.25, 0.3) is 17.4 Å². The van der Waals surface area contributed by atoms with Crippen LogP contribution in [0, 0.1) is 15.5 Å². The molecule has 2 aromatic rings. The Morgan fingerprint density at radius 1 is 1.22 bits per heavy atom. The van der Waals surface area contributed by atoms with Gasteiger partial charge in [-0.05, 0) is 40.2 Å². The molecule has 1 heterocycles. The third kappa shape index (κ3) is 4.71. The molecule has 0 amide bonds. The Morgan fingerprint density at radius 2 is 1.89 bits per heavy atom. The van der Waals surface area contributed by atoms with E-state index in [9.17, 15) is 19.7 Å². The lowest BCUT2D eigenvalue weighted by Gasteiger charge is -2.17. The zero-order valence-corrected chi connectivity index (χ0v) is 16.8. The number of ketones is 1. The standard InChI is InChI=1S/C19H18BrNO6/c1-19(2,3)17(22)14(18(23)26-4)10-12-6-8-16(27-12)13-7-5-11(21(24)25)9-15(13)20/h5-10H,1-4H3. The Balaban J connectivity index is 2.43. The van der Waals surface area contributed by atoms with Crippen LogP contribution in [0.2, 0.25) is 0 Å². The van der Waals surface area contributed by atoms with Crippen molar-refractivity contribution in [2.45, 2.75) is 20.8 Å². The zero-order chi connectivity index (χ0) is 20.4. The number of carbonyl (C=O) groups excluding carboxylic acids is 2. The number of nitro benzene ring substituents is 1. The first-order valence-electron chi connectivity index (χ1n) is 7.93. The van der Waals surface area contributed by atoms with Gasteiger partial charge in [-0.3, -0.25) is 14.9 Å². The molecule has 0 saturated heterocycles. The van der Waals surface area contributed by atoms with Crippen LogP contribution in [0.1, 0.15) is 26.5 Å². The summed E-state index contributed by atoms with van der Waals surface area (Å²) in [5.41, 5.74) is -0.339. The summed E-state index contributed by atoms with van der Waals surface area (Å²) in [6.45, 7) is 5.11. The molecule has 0 N–H and O–H groups in total. The van der Waals surface area contributed by atoms with Crippen molar-refractivity contribution in [1.29, 1.82) is 0 Å². The van der Waals surface area contributed by atoms with Crippen LogP contribution in [0.3, 0.4) is 0 Å². The van der Waals surface area contributed by atoms with Crippen molar-refractivity contribution in [2.75, 3.05) is 7.11 Å². The summed E-state index contributed by atoms with van der Waals surface area (Å²) in [5.74, 6) is -0.406. The molecule has 1 aromatic heterocycles. The first-order chi connectivity index (χ1) is 12.5. The number of non-ortho nitro benzene ring substituents is 1. The van der Waals surface area contributed by atoms with Crippen LogP contribution in [-0.2, 0) is 14.3 Å². The van der Waals surface area contributed by atoms with E-state index in [4.69, 9.17) is 9.15 Å². The number of hydrogen-bond acceptors (Lipinski definition) is 6. The lowest BCUT2D eigenvalue weighted by atomic mass is 9.86. The maximum atomic E-state index is 12.5. The number of carbonyl (C=O) groups is 2. The Bertz CT molecular complexity index is 936. The van der Waals surface area contributed by atoms with Crippen molar-refractivity contribution in [1.82, 2.24) is 0 Å². The van der Waals surface area contributed by atoms with Gasteiger partial charge in [-0.1, -0.05) is 20.8 Å². The number of methoxy groups -OCH3 is 1. The molecule has 1 aromatic carbocycles. The molecular formula is C19H18BrNO6. The summed E-state index contributed by atoms with van der Waals surface area (Å²) in [6.07, 6.45) is 1.34. The summed E-state index contributed by atoms with van der Waals surface area (Å²) < 4.78 is 10.9. The van der Waals surface area contributed by atoms with Gasteiger partial charge in [0.05, 0.1) is 12.0 Å². The highest BCUT2D eigenvalue weighted by molar-refractivity contribution is 9.10. The smallest absolute Gasteiger partial charge is 0.341 e. The Labute approximate surface area is 164 Å². The second-order valence-electron chi connectivity index (χ2n) is 6.75. The van der Waals surface area contributed by atoms with E-state index in [0.29, 0.717) is 15.8 Å². The summed E-state index contributed by atoms with van der Waals surface area (Å²) in [4.78, 5) is 34.9. The van der Waals surface area contributed by atoms with Crippen molar-refractivity contribution in [2.24, 2.45) is 5.41 Å². The van der Waals surface area contributed by atoms with Crippen LogP contribution < -0.4 is 0 Å². The number of esters is 1. The van der Waals surface area contributed by atoms with E-state index >= 15 is 0 Å². The molecule has 0 aliphatic rings. The number of rotatable bonds is 5. The van der Waals surface area contributed by atoms with E-state index in [1.807, 2.05) is 0 Å². The van der Waals surface area contributed by atoms with Crippen molar-refractivity contribution in [3.8, 4) is 11.3 Å². The predicted octanol–water partition coefficient (Wildman–Crippen LogP) is 4.79. The maximum Gasteiger partial charge on any atom is 0.341 e. The zero-order valence-electron chi connectivity index (χ0n) is 15.2. The molecule has 0 radical (unpaired) electrons. The van der Waals surface area contributed by atoms with Crippen molar-refractivity contribution in [3.63, 3.8) is 0 Å². The average Bonchev–Trinajstić information content (AvgIpc) is 3.05. The van der Waals surface area contributed by atoms with E-state index in [1.54, 1.807) is 39.0 Å². The van der Waals surface area contributed by atoms with Gasteiger partial charge in [0.15, 0.2) is 5.78 Å². The van der Waals surface area contributed by atoms with Gasteiger partial charge in [0, 0.05) is 27.6 Å². The van der Waals surface area contributed by atoms with Gasteiger partial charge in [-0.15, -0.1) is 0 Å². The Morgan fingerprint density at radius 3 is 2.41 bits per heavy atom. The van der Waals surface area contributed by atoms with Crippen LogP contribution in [0.15, 0.2) is 44.8 Å². The summed E-state index contributed by atoms with van der Waals surface area (Å²) in [5, 5.41) is 10.8. The highest BCUT2D eigenvalue weighted by Crippen LogP contribution is 2.33. The minimum absolute atomic E-state index is 0.0546.